The summed E-state index contributed by atoms with van der Waals surface area (Å²) in [6.07, 6.45) is -0.000965. The molecule has 0 saturated carbocycles. The summed E-state index contributed by atoms with van der Waals surface area (Å²) in [5.74, 6) is -0.928. The van der Waals surface area contributed by atoms with E-state index in [1.165, 1.54) is 10.4 Å². The van der Waals surface area contributed by atoms with Crippen molar-refractivity contribution in [1.29, 1.82) is 0 Å². The van der Waals surface area contributed by atoms with Gasteiger partial charge in [-0.05, 0) is 29.3 Å². The Hall–Kier alpha value is -1.83. The van der Waals surface area contributed by atoms with Crippen molar-refractivity contribution in [2.75, 3.05) is 6.61 Å². The van der Waals surface area contributed by atoms with Crippen molar-refractivity contribution in [3.8, 4) is 0 Å². The van der Waals surface area contributed by atoms with E-state index in [0.29, 0.717) is 0 Å². The fourth-order valence-corrected chi connectivity index (χ4v) is 9.70. The predicted octanol–water partition coefficient (Wildman–Crippen LogP) is 3.64. The number of carbonyl (C=O) groups is 1. The lowest BCUT2D eigenvalue weighted by atomic mass is 9.89. The number of carbonyl (C=O) groups excluding carboxylic acids is 1. The second-order valence-corrected chi connectivity index (χ2v) is 14.7. The topological polar surface area (TPSA) is 54.0 Å². The fourth-order valence-electron chi connectivity index (χ4n) is 5.11. The molecule has 4 atom stereocenters. The lowest BCUT2D eigenvalue weighted by Gasteiger charge is -2.45. The van der Waals surface area contributed by atoms with Crippen LogP contribution >= 0.6 is 0 Å². The molecule has 0 amide bonds. The number of hydrogen-bond donors (Lipinski definition) is 0. The van der Waals surface area contributed by atoms with E-state index in [-0.39, 0.29) is 23.7 Å². The molecular weight excluding hydrogens is 420 g/mol. The molecule has 2 aliphatic heterocycles. The number of ether oxygens (including phenoxy) is 3. The SMILES string of the molecule is C[C@H]1[C@H]2OC(C)(C)O[C@H]2O[C@]1(C=O)CO[Si](c1ccccc1)(c1ccccc1)C(C)(C)C. The van der Waals surface area contributed by atoms with E-state index in [0.717, 1.165) is 6.29 Å². The van der Waals surface area contributed by atoms with Crippen LogP contribution in [0.1, 0.15) is 41.5 Å². The minimum atomic E-state index is -2.79. The van der Waals surface area contributed by atoms with Gasteiger partial charge in [-0.3, -0.25) is 0 Å². The van der Waals surface area contributed by atoms with Gasteiger partial charge in [0.05, 0.1) is 6.61 Å². The number of hydrogen-bond acceptors (Lipinski definition) is 5. The van der Waals surface area contributed by atoms with Gasteiger partial charge < -0.3 is 23.4 Å². The molecule has 2 fully saturated rings. The summed E-state index contributed by atoms with van der Waals surface area (Å²) < 4.78 is 25.2. The molecule has 0 aliphatic carbocycles. The van der Waals surface area contributed by atoms with Gasteiger partial charge in [0, 0.05) is 5.92 Å². The normalized spacial score (nSPS) is 29.6. The van der Waals surface area contributed by atoms with Gasteiger partial charge in [-0.1, -0.05) is 88.4 Å². The zero-order chi connectivity index (χ0) is 23.2. The van der Waals surface area contributed by atoms with Gasteiger partial charge in [0.2, 0.25) is 0 Å². The van der Waals surface area contributed by atoms with Crippen LogP contribution in [0.3, 0.4) is 0 Å². The van der Waals surface area contributed by atoms with Crippen molar-refractivity contribution in [3.63, 3.8) is 0 Å². The molecular formula is C26H34O5Si. The van der Waals surface area contributed by atoms with E-state index in [4.69, 9.17) is 18.6 Å². The lowest BCUT2D eigenvalue weighted by Crippen LogP contribution is -2.68. The van der Waals surface area contributed by atoms with Gasteiger partial charge in [0.1, 0.15) is 6.10 Å². The van der Waals surface area contributed by atoms with Crippen LogP contribution in [-0.4, -0.2) is 45.0 Å². The Kier molecular flexibility index (Phi) is 5.97. The molecule has 0 radical (unpaired) electrons. The van der Waals surface area contributed by atoms with Crippen LogP contribution in [-0.2, 0) is 23.4 Å². The van der Waals surface area contributed by atoms with Crippen LogP contribution in [0.25, 0.3) is 0 Å². The maximum Gasteiger partial charge on any atom is 0.261 e. The van der Waals surface area contributed by atoms with Gasteiger partial charge in [0.25, 0.3) is 8.32 Å². The highest BCUT2D eigenvalue weighted by molar-refractivity contribution is 6.99. The van der Waals surface area contributed by atoms with Gasteiger partial charge in [0.15, 0.2) is 24.0 Å². The second-order valence-electron chi connectivity index (χ2n) is 10.4. The summed E-state index contributed by atoms with van der Waals surface area (Å²) >= 11 is 0. The quantitative estimate of drug-likeness (QED) is 0.493. The van der Waals surface area contributed by atoms with Gasteiger partial charge in [-0.2, -0.15) is 0 Å². The molecule has 0 N–H and O–H groups in total. The van der Waals surface area contributed by atoms with Gasteiger partial charge >= 0.3 is 0 Å². The molecule has 0 aromatic heterocycles. The summed E-state index contributed by atoms with van der Waals surface area (Å²) in [6.45, 7) is 12.5. The smallest absolute Gasteiger partial charge is 0.261 e. The van der Waals surface area contributed by atoms with Crippen molar-refractivity contribution in [3.05, 3.63) is 60.7 Å². The van der Waals surface area contributed by atoms with E-state index in [2.05, 4.69) is 45.0 Å². The summed E-state index contributed by atoms with van der Waals surface area (Å²) in [5, 5.41) is 2.14. The van der Waals surface area contributed by atoms with E-state index in [9.17, 15) is 4.79 Å². The van der Waals surface area contributed by atoms with Crippen molar-refractivity contribution in [1.82, 2.24) is 0 Å². The molecule has 2 saturated heterocycles. The van der Waals surface area contributed by atoms with Crippen molar-refractivity contribution >= 4 is 25.0 Å². The molecule has 2 aromatic rings. The van der Waals surface area contributed by atoms with E-state index in [1.54, 1.807) is 0 Å². The molecule has 2 aromatic carbocycles. The third-order valence-corrected chi connectivity index (χ3v) is 11.8. The molecule has 0 bridgehead atoms. The second kappa shape index (κ2) is 8.19. The number of benzene rings is 2. The molecule has 2 heterocycles. The van der Waals surface area contributed by atoms with E-state index in [1.807, 2.05) is 57.2 Å². The van der Waals surface area contributed by atoms with Gasteiger partial charge in [-0.25, -0.2) is 0 Å². The van der Waals surface area contributed by atoms with Crippen LogP contribution in [0, 0.1) is 5.92 Å². The largest absolute Gasteiger partial charge is 0.404 e. The Morgan fingerprint density at radius 1 is 0.938 bits per heavy atom. The molecule has 4 rings (SSSR count). The zero-order valence-electron chi connectivity index (χ0n) is 19.8. The average molecular weight is 455 g/mol. The molecule has 32 heavy (non-hydrogen) atoms. The van der Waals surface area contributed by atoms with E-state index < -0.39 is 26.0 Å². The van der Waals surface area contributed by atoms with Crippen molar-refractivity contribution < 1.29 is 23.4 Å². The van der Waals surface area contributed by atoms with Gasteiger partial charge in [-0.15, -0.1) is 0 Å². The number of fused-ring (bicyclic) bond motifs is 1. The Bertz CT molecular complexity index is 900. The standard InChI is InChI=1S/C26H34O5Si/c1-19-22-23(30-25(5,6)29-22)31-26(19,17-27)18-28-32(24(2,3)4,20-13-9-7-10-14-20)21-15-11-8-12-16-21/h7-17,19,22-23H,18H2,1-6H3/t19-,22+,23-,26+/m0/s1. The van der Waals surface area contributed by atoms with Crippen LogP contribution in [0.2, 0.25) is 5.04 Å². The summed E-state index contributed by atoms with van der Waals surface area (Å²) in [6, 6.07) is 20.8. The van der Waals surface area contributed by atoms with Crippen LogP contribution in [0.4, 0.5) is 0 Å². The van der Waals surface area contributed by atoms with E-state index >= 15 is 0 Å². The summed E-state index contributed by atoms with van der Waals surface area (Å²) in [5.41, 5.74) is -1.13. The predicted molar refractivity (Wildman–Crippen MR) is 126 cm³/mol. The zero-order valence-corrected chi connectivity index (χ0v) is 20.8. The minimum Gasteiger partial charge on any atom is -0.404 e. The highest BCUT2D eigenvalue weighted by Crippen LogP contribution is 2.46. The molecule has 0 unspecified atom stereocenters. The Morgan fingerprint density at radius 2 is 1.47 bits per heavy atom. The first kappa shape index (κ1) is 23.3. The Morgan fingerprint density at radius 3 is 1.91 bits per heavy atom. The molecule has 172 valence electrons. The first-order chi connectivity index (χ1) is 15.0. The van der Waals surface area contributed by atoms with Crippen molar-refractivity contribution in [2.24, 2.45) is 5.92 Å². The number of rotatable bonds is 6. The highest BCUT2D eigenvalue weighted by atomic mass is 28.4. The third-order valence-electron chi connectivity index (χ3n) is 6.82. The van der Waals surface area contributed by atoms with Crippen LogP contribution < -0.4 is 10.4 Å². The summed E-state index contributed by atoms with van der Waals surface area (Å²) in [7, 11) is -2.79. The summed E-state index contributed by atoms with van der Waals surface area (Å²) in [4.78, 5) is 12.5. The Labute approximate surface area is 192 Å². The molecule has 2 aliphatic rings. The average Bonchev–Trinajstić information content (AvgIpc) is 3.19. The monoisotopic (exact) mass is 454 g/mol. The molecule has 6 heteroatoms. The fraction of sp³-hybridized carbons (Fsp3) is 0.500. The number of aldehydes is 1. The van der Waals surface area contributed by atoms with Crippen LogP contribution in [0.5, 0.6) is 0 Å². The first-order valence-electron chi connectivity index (χ1n) is 11.3. The minimum absolute atomic E-state index is 0.144. The van der Waals surface area contributed by atoms with Crippen LogP contribution in [0.15, 0.2) is 60.7 Å². The highest BCUT2D eigenvalue weighted by Gasteiger charge is 2.61. The third kappa shape index (κ3) is 3.78. The lowest BCUT2D eigenvalue weighted by molar-refractivity contribution is -0.230. The molecule has 0 spiro atoms. The Balaban J connectivity index is 1.74. The molecule has 5 nitrogen and oxygen atoms in total. The first-order valence-corrected chi connectivity index (χ1v) is 13.2. The maximum absolute atomic E-state index is 12.5. The maximum atomic E-state index is 12.5. The van der Waals surface area contributed by atoms with Crippen molar-refractivity contribution in [2.45, 2.75) is 70.4 Å².